The summed E-state index contributed by atoms with van der Waals surface area (Å²) < 4.78 is 7.73. The first-order valence-electron chi connectivity index (χ1n) is 6.84. The lowest BCUT2D eigenvalue weighted by Gasteiger charge is -2.12. The lowest BCUT2D eigenvalue weighted by Crippen LogP contribution is -2.16. The van der Waals surface area contributed by atoms with Gasteiger partial charge < -0.3 is 14.6 Å². The first kappa shape index (κ1) is 15.0. The highest BCUT2D eigenvalue weighted by molar-refractivity contribution is 5.28. The lowest BCUT2D eigenvalue weighted by molar-refractivity contribution is 0.118. The normalized spacial score (nSPS) is 11.5. The average Bonchev–Trinajstić information content (AvgIpc) is 2.57. The molecule has 0 aromatic carbocycles. The number of ether oxygens (including phenoxy) is 1. The maximum Gasteiger partial charge on any atom is 0.203 e. The standard InChI is InChI=1S/C14H27N3O/c1-11(2)8-17-9-13(5)16-14(17)15-6-7-18-10-12(3)4/h9,11-12H,6-8,10H2,1-5H3,(H,15,16). The minimum atomic E-state index is 0.593. The van der Waals surface area contributed by atoms with E-state index in [0.29, 0.717) is 11.8 Å². The van der Waals surface area contributed by atoms with Gasteiger partial charge >= 0.3 is 0 Å². The molecule has 0 atom stereocenters. The Balaban J connectivity index is 2.36. The van der Waals surface area contributed by atoms with Gasteiger partial charge in [-0.15, -0.1) is 0 Å². The molecule has 0 fully saturated rings. The predicted molar refractivity (Wildman–Crippen MR) is 75.9 cm³/mol. The fraction of sp³-hybridized carbons (Fsp3) is 0.786. The lowest BCUT2D eigenvalue weighted by atomic mass is 10.2. The summed E-state index contributed by atoms with van der Waals surface area (Å²) in [6.45, 7) is 14.1. The van der Waals surface area contributed by atoms with E-state index < -0.39 is 0 Å². The molecule has 1 aromatic heterocycles. The Morgan fingerprint density at radius 3 is 2.61 bits per heavy atom. The molecule has 0 amide bonds. The van der Waals surface area contributed by atoms with Crippen molar-refractivity contribution in [1.82, 2.24) is 9.55 Å². The highest BCUT2D eigenvalue weighted by Gasteiger charge is 2.06. The van der Waals surface area contributed by atoms with Crippen molar-refractivity contribution in [3.05, 3.63) is 11.9 Å². The zero-order valence-corrected chi connectivity index (χ0v) is 12.4. The monoisotopic (exact) mass is 253 g/mol. The van der Waals surface area contributed by atoms with Crippen LogP contribution in [0.1, 0.15) is 33.4 Å². The molecular weight excluding hydrogens is 226 g/mol. The Morgan fingerprint density at radius 1 is 1.28 bits per heavy atom. The number of hydrogen-bond donors (Lipinski definition) is 1. The van der Waals surface area contributed by atoms with Crippen molar-refractivity contribution in [3.63, 3.8) is 0 Å². The predicted octanol–water partition coefficient (Wildman–Crippen LogP) is 2.93. The molecule has 0 saturated heterocycles. The number of aryl methyl sites for hydroxylation is 1. The average molecular weight is 253 g/mol. The van der Waals surface area contributed by atoms with E-state index in [4.69, 9.17) is 4.74 Å². The Hall–Kier alpha value is -1.03. The first-order valence-corrected chi connectivity index (χ1v) is 6.84. The second kappa shape index (κ2) is 7.41. The quantitative estimate of drug-likeness (QED) is 0.724. The highest BCUT2D eigenvalue weighted by Crippen LogP contribution is 2.11. The van der Waals surface area contributed by atoms with Crippen molar-refractivity contribution in [1.29, 1.82) is 0 Å². The van der Waals surface area contributed by atoms with E-state index in [2.05, 4.69) is 48.8 Å². The molecule has 0 unspecified atom stereocenters. The summed E-state index contributed by atoms with van der Waals surface area (Å²) in [6.07, 6.45) is 2.09. The first-order chi connectivity index (χ1) is 8.49. The SMILES string of the molecule is Cc1cn(CC(C)C)c(NCCOCC(C)C)n1. The van der Waals surface area contributed by atoms with Crippen molar-refractivity contribution in [2.75, 3.05) is 25.1 Å². The largest absolute Gasteiger partial charge is 0.379 e. The summed E-state index contributed by atoms with van der Waals surface area (Å²) in [7, 11) is 0. The smallest absolute Gasteiger partial charge is 0.203 e. The molecule has 104 valence electrons. The number of anilines is 1. The third-order valence-electron chi connectivity index (χ3n) is 2.44. The van der Waals surface area contributed by atoms with E-state index in [1.54, 1.807) is 0 Å². The minimum absolute atomic E-state index is 0.593. The number of rotatable bonds is 8. The van der Waals surface area contributed by atoms with Crippen LogP contribution in [-0.2, 0) is 11.3 Å². The van der Waals surface area contributed by atoms with E-state index in [0.717, 1.165) is 37.9 Å². The minimum Gasteiger partial charge on any atom is -0.379 e. The van der Waals surface area contributed by atoms with E-state index in [1.165, 1.54) is 0 Å². The molecule has 0 aliphatic carbocycles. The highest BCUT2D eigenvalue weighted by atomic mass is 16.5. The third-order valence-corrected chi connectivity index (χ3v) is 2.44. The topological polar surface area (TPSA) is 39.1 Å². The van der Waals surface area contributed by atoms with Gasteiger partial charge in [0, 0.05) is 25.9 Å². The van der Waals surface area contributed by atoms with Crippen molar-refractivity contribution >= 4 is 5.95 Å². The number of nitrogens with zero attached hydrogens (tertiary/aromatic N) is 2. The van der Waals surface area contributed by atoms with Gasteiger partial charge in [0.1, 0.15) is 0 Å². The molecule has 4 nitrogen and oxygen atoms in total. The van der Waals surface area contributed by atoms with Gasteiger partial charge in [-0.1, -0.05) is 27.7 Å². The van der Waals surface area contributed by atoms with Gasteiger partial charge in [0.25, 0.3) is 0 Å². The number of imidazole rings is 1. The molecular formula is C14H27N3O. The fourth-order valence-corrected chi connectivity index (χ4v) is 1.77. The van der Waals surface area contributed by atoms with Crippen LogP contribution in [0.5, 0.6) is 0 Å². The molecule has 0 aliphatic rings. The van der Waals surface area contributed by atoms with E-state index in [-0.39, 0.29) is 0 Å². The molecule has 0 spiro atoms. The van der Waals surface area contributed by atoms with Crippen LogP contribution in [0.4, 0.5) is 5.95 Å². The number of aromatic nitrogens is 2. The maximum absolute atomic E-state index is 5.55. The van der Waals surface area contributed by atoms with E-state index in [1.807, 2.05) is 6.92 Å². The van der Waals surface area contributed by atoms with Crippen LogP contribution in [0.3, 0.4) is 0 Å². The van der Waals surface area contributed by atoms with Crippen molar-refractivity contribution in [3.8, 4) is 0 Å². The summed E-state index contributed by atoms with van der Waals surface area (Å²) in [5.41, 5.74) is 1.06. The van der Waals surface area contributed by atoms with Crippen LogP contribution < -0.4 is 5.32 Å². The van der Waals surface area contributed by atoms with Gasteiger partial charge in [-0.25, -0.2) is 4.98 Å². The molecule has 4 heteroatoms. The molecule has 0 bridgehead atoms. The van der Waals surface area contributed by atoms with Crippen LogP contribution >= 0.6 is 0 Å². The molecule has 0 radical (unpaired) electrons. The van der Waals surface area contributed by atoms with Gasteiger partial charge in [0.2, 0.25) is 5.95 Å². The van der Waals surface area contributed by atoms with Crippen molar-refractivity contribution < 1.29 is 4.74 Å². The zero-order valence-electron chi connectivity index (χ0n) is 12.4. The van der Waals surface area contributed by atoms with Crippen LogP contribution in [-0.4, -0.2) is 29.3 Å². The van der Waals surface area contributed by atoms with Crippen LogP contribution in [0.25, 0.3) is 0 Å². The molecule has 1 aromatic rings. The Labute approximate surface area is 111 Å². The summed E-state index contributed by atoms with van der Waals surface area (Å²) in [6, 6.07) is 0. The molecule has 1 N–H and O–H groups in total. The second-order valence-corrected chi connectivity index (χ2v) is 5.65. The second-order valence-electron chi connectivity index (χ2n) is 5.65. The van der Waals surface area contributed by atoms with Crippen LogP contribution in [0, 0.1) is 18.8 Å². The molecule has 0 saturated carbocycles. The zero-order chi connectivity index (χ0) is 13.5. The van der Waals surface area contributed by atoms with Crippen molar-refractivity contribution in [2.24, 2.45) is 11.8 Å². The fourth-order valence-electron chi connectivity index (χ4n) is 1.77. The van der Waals surface area contributed by atoms with Gasteiger partial charge in [0.15, 0.2) is 0 Å². The third kappa shape index (κ3) is 5.54. The number of hydrogen-bond acceptors (Lipinski definition) is 3. The Bertz CT molecular complexity index is 345. The van der Waals surface area contributed by atoms with E-state index in [9.17, 15) is 0 Å². The van der Waals surface area contributed by atoms with Gasteiger partial charge in [0.05, 0.1) is 12.3 Å². The summed E-state index contributed by atoms with van der Waals surface area (Å²) in [4.78, 5) is 4.49. The Morgan fingerprint density at radius 2 is 2.00 bits per heavy atom. The summed E-state index contributed by atoms with van der Waals surface area (Å²) in [5.74, 6) is 2.17. The van der Waals surface area contributed by atoms with Crippen LogP contribution in [0.2, 0.25) is 0 Å². The molecule has 1 rings (SSSR count). The summed E-state index contributed by atoms with van der Waals surface area (Å²) >= 11 is 0. The maximum atomic E-state index is 5.55. The molecule has 0 aliphatic heterocycles. The summed E-state index contributed by atoms with van der Waals surface area (Å²) in [5, 5.41) is 3.34. The molecule has 1 heterocycles. The number of nitrogens with one attached hydrogen (secondary N) is 1. The Kier molecular flexibility index (Phi) is 6.19. The molecule has 18 heavy (non-hydrogen) atoms. The van der Waals surface area contributed by atoms with Crippen LogP contribution in [0.15, 0.2) is 6.20 Å². The van der Waals surface area contributed by atoms with Gasteiger partial charge in [-0.05, 0) is 18.8 Å². The van der Waals surface area contributed by atoms with E-state index >= 15 is 0 Å². The van der Waals surface area contributed by atoms with Gasteiger partial charge in [-0.3, -0.25) is 0 Å². The van der Waals surface area contributed by atoms with Gasteiger partial charge in [-0.2, -0.15) is 0 Å². The van der Waals surface area contributed by atoms with Crippen molar-refractivity contribution in [2.45, 2.75) is 41.2 Å².